The van der Waals surface area contributed by atoms with Crippen molar-refractivity contribution < 1.29 is 33.3 Å². The highest BCUT2D eigenvalue weighted by Crippen LogP contribution is 2.24. The summed E-state index contributed by atoms with van der Waals surface area (Å²) in [5.74, 6) is -1.31. The summed E-state index contributed by atoms with van der Waals surface area (Å²) in [6, 6.07) is 0. The molecule has 1 fully saturated rings. The van der Waals surface area contributed by atoms with E-state index >= 15 is 0 Å². The molecule has 1 heterocycles. The molecule has 0 aromatic carbocycles. The second-order valence-corrected chi connectivity index (χ2v) is 5.04. The summed E-state index contributed by atoms with van der Waals surface area (Å²) in [6.07, 6.45) is -2.34. The summed E-state index contributed by atoms with van der Waals surface area (Å²) in [5.41, 5.74) is 0. The molecule has 0 saturated carbocycles. The molecule has 0 bridgehead atoms. The maximum absolute atomic E-state index is 11.6. The third-order valence-corrected chi connectivity index (χ3v) is 3.36. The monoisotopic (exact) mass is 316 g/mol. The standard InChI is InChI=1S/C15H24O7/c1-5-11(16)20-10-8-19-9(4)14(21-12(17)6-2)15(10)22-13(18)7-3/h9-10,14-15H,5-8H2,1-4H3/t9-,10-,14-,15+/m1/s1. The van der Waals surface area contributed by atoms with Gasteiger partial charge in [0, 0.05) is 19.3 Å². The highest BCUT2D eigenvalue weighted by molar-refractivity contribution is 5.71. The number of hydrogen-bond donors (Lipinski definition) is 0. The zero-order valence-corrected chi connectivity index (χ0v) is 13.5. The van der Waals surface area contributed by atoms with Crippen molar-refractivity contribution in [2.75, 3.05) is 6.61 Å². The van der Waals surface area contributed by atoms with Crippen LogP contribution in [-0.2, 0) is 33.3 Å². The Morgan fingerprint density at radius 2 is 1.32 bits per heavy atom. The Morgan fingerprint density at radius 1 is 0.864 bits per heavy atom. The fourth-order valence-electron chi connectivity index (χ4n) is 2.04. The molecule has 7 nitrogen and oxygen atoms in total. The Bertz CT molecular complexity index is 407. The Hall–Kier alpha value is -1.63. The van der Waals surface area contributed by atoms with E-state index in [4.69, 9.17) is 18.9 Å². The number of carbonyl (C=O) groups is 3. The van der Waals surface area contributed by atoms with Crippen molar-refractivity contribution in [2.45, 2.75) is 71.4 Å². The fourth-order valence-corrected chi connectivity index (χ4v) is 2.04. The smallest absolute Gasteiger partial charge is 0.306 e. The van der Waals surface area contributed by atoms with E-state index in [1.54, 1.807) is 27.7 Å². The molecule has 22 heavy (non-hydrogen) atoms. The number of esters is 3. The lowest BCUT2D eigenvalue weighted by Gasteiger charge is -2.39. The highest BCUT2D eigenvalue weighted by Gasteiger charge is 2.45. The maximum Gasteiger partial charge on any atom is 0.306 e. The molecular weight excluding hydrogens is 292 g/mol. The van der Waals surface area contributed by atoms with Gasteiger partial charge in [-0.1, -0.05) is 20.8 Å². The van der Waals surface area contributed by atoms with Gasteiger partial charge in [-0.3, -0.25) is 14.4 Å². The van der Waals surface area contributed by atoms with Crippen LogP contribution in [-0.4, -0.2) is 48.9 Å². The first kappa shape index (κ1) is 18.4. The number of ether oxygens (including phenoxy) is 4. The summed E-state index contributed by atoms with van der Waals surface area (Å²) in [5, 5.41) is 0. The lowest BCUT2D eigenvalue weighted by molar-refractivity contribution is -0.224. The minimum atomic E-state index is -0.859. The van der Waals surface area contributed by atoms with Gasteiger partial charge < -0.3 is 18.9 Å². The molecule has 0 aliphatic carbocycles. The third-order valence-electron chi connectivity index (χ3n) is 3.36. The van der Waals surface area contributed by atoms with Crippen molar-refractivity contribution >= 4 is 17.9 Å². The van der Waals surface area contributed by atoms with Crippen molar-refractivity contribution in [1.29, 1.82) is 0 Å². The van der Waals surface area contributed by atoms with Gasteiger partial charge in [0.25, 0.3) is 0 Å². The molecule has 126 valence electrons. The molecule has 0 aromatic heterocycles. The summed E-state index contributed by atoms with van der Waals surface area (Å²) in [6.45, 7) is 6.80. The minimum absolute atomic E-state index is 0.0920. The van der Waals surface area contributed by atoms with Crippen LogP contribution in [0.4, 0.5) is 0 Å². The molecule has 0 spiro atoms. The molecule has 1 aliphatic rings. The lowest BCUT2D eigenvalue weighted by atomic mass is 10.00. The van der Waals surface area contributed by atoms with Gasteiger partial charge in [-0.05, 0) is 6.92 Å². The molecular formula is C15H24O7. The van der Waals surface area contributed by atoms with Crippen LogP contribution in [0.2, 0.25) is 0 Å². The zero-order chi connectivity index (χ0) is 16.7. The van der Waals surface area contributed by atoms with Gasteiger partial charge in [-0.15, -0.1) is 0 Å². The molecule has 0 radical (unpaired) electrons. The first-order valence-corrected chi connectivity index (χ1v) is 7.62. The summed E-state index contributed by atoms with van der Waals surface area (Å²) in [4.78, 5) is 34.8. The van der Waals surface area contributed by atoms with Crippen molar-refractivity contribution in [3.8, 4) is 0 Å². The largest absolute Gasteiger partial charge is 0.456 e. The van der Waals surface area contributed by atoms with E-state index in [-0.39, 0.29) is 25.9 Å². The lowest BCUT2D eigenvalue weighted by Crippen LogP contribution is -2.56. The van der Waals surface area contributed by atoms with Gasteiger partial charge in [0.05, 0.1) is 12.7 Å². The molecule has 1 rings (SSSR count). The minimum Gasteiger partial charge on any atom is -0.456 e. The first-order chi connectivity index (χ1) is 10.4. The molecule has 1 aliphatic heterocycles. The highest BCUT2D eigenvalue weighted by atomic mass is 16.6. The Balaban J connectivity index is 2.92. The van der Waals surface area contributed by atoms with Crippen LogP contribution in [0.5, 0.6) is 0 Å². The molecule has 0 unspecified atom stereocenters. The first-order valence-electron chi connectivity index (χ1n) is 7.62. The van der Waals surface area contributed by atoms with Crippen LogP contribution >= 0.6 is 0 Å². The summed E-state index contributed by atoms with van der Waals surface area (Å²) < 4.78 is 21.4. The van der Waals surface area contributed by atoms with E-state index in [0.717, 1.165) is 0 Å². The van der Waals surface area contributed by atoms with Crippen molar-refractivity contribution in [2.24, 2.45) is 0 Å². The van der Waals surface area contributed by atoms with E-state index in [1.807, 2.05) is 0 Å². The van der Waals surface area contributed by atoms with Crippen LogP contribution < -0.4 is 0 Å². The van der Waals surface area contributed by atoms with Gasteiger partial charge in [-0.2, -0.15) is 0 Å². The van der Waals surface area contributed by atoms with Gasteiger partial charge in [0.15, 0.2) is 18.3 Å². The van der Waals surface area contributed by atoms with Crippen molar-refractivity contribution in [3.05, 3.63) is 0 Å². The second-order valence-electron chi connectivity index (χ2n) is 5.04. The number of hydrogen-bond acceptors (Lipinski definition) is 7. The van der Waals surface area contributed by atoms with Crippen LogP contribution in [0.1, 0.15) is 47.0 Å². The molecule has 0 N–H and O–H groups in total. The summed E-state index contributed by atoms with van der Waals surface area (Å²) in [7, 11) is 0. The predicted octanol–water partition coefficient (Wildman–Crippen LogP) is 1.37. The molecule has 7 heteroatoms. The molecule has 4 atom stereocenters. The Labute approximate surface area is 130 Å². The van der Waals surface area contributed by atoms with E-state index in [9.17, 15) is 14.4 Å². The molecule has 0 aromatic rings. The normalized spacial score (nSPS) is 27.8. The SMILES string of the molecule is CCC(=O)O[C@@H]1[C@H](OC(=O)CC)[C@@H](C)OC[C@H]1OC(=O)CC. The van der Waals surface area contributed by atoms with Crippen LogP contribution in [0.25, 0.3) is 0 Å². The number of rotatable bonds is 6. The van der Waals surface area contributed by atoms with E-state index in [2.05, 4.69) is 0 Å². The predicted molar refractivity (Wildman–Crippen MR) is 75.9 cm³/mol. The Morgan fingerprint density at radius 3 is 1.82 bits per heavy atom. The van der Waals surface area contributed by atoms with E-state index < -0.39 is 42.3 Å². The average molecular weight is 316 g/mol. The zero-order valence-electron chi connectivity index (χ0n) is 13.5. The molecule has 0 amide bonds. The Kier molecular flexibility index (Phi) is 7.31. The molecule has 1 saturated heterocycles. The fraction of sp³-hybridized carbons (Fsp3) is 0.800. The summed E-state index contributed by atoms with van der Waals surface area (Å²) >= 11 is 0. The van der Waals surface area contributed by atoms with Crippen molar-refractivity contribution in [3.63, 3.8) is 0 Å². The number of carbonyl (C=O) groups excluding carboxylic acids is 3. The quantitative estimate of drug-likeness (QED) is 0.540. The van der Waals surface area contributed by atoms with Gasteiger partial charge in [0.2, 0.25) is 0 Å². The van der Waals surface area contributed by atoms with Crippen LogP contribution in [0.15, 0.2) is 0 Å². The van der Waals surface area contributed by atoms with Gasteiger partial charge in [-0.25, -0.2) is 0 Å². The average Bonchev–Trinajstić information content (AvgIpc) is 2.52. The van der Waals surface area contributed by atoms with Crippen LogP contribution in [0, 0.1) is 0 Å². The third kappa shape index (κ3) is 4.98. The topological polar surface area (TPSA) is 88.1 Å². The van der Waals surface area contributed by atoms with Gasteiger partial charge in [0.1, 0.15) is 0 Å². The van der Waals surface area contributed by atoms with E-state index in [1.165, 1.54) is 0 Å². The van der Waals surface area contributed by atoms with Crippen LogP contribution in [0.3, 0.4) is 0 Å². The van der Waals surface area contributed by atoms with Gasteiger partial charge >= 0.3 is 17.9 Å². The van der Waals surface area contributed by atoms with Crippen molar-refractivity contribution in [1.82, 2.24) is 0 Å². The maximum atomic E-state index is 11.6. The van der Waals surface area contributed by atoms with E-state index in [0.29, 0.717) is 0 Å². The second kappa shape index (κ2) is 8.73.